The predicted molar refractivity (Wildman–Crippen MR) is 94.0 cm³/mol. The molecule has 1 aromatic heterocycles. The summed E-state index contributed by atoms with van der Waals surface area (Å²) >= 11 is 0. The summed E-state index contributed by atoms with van der Waals surface area (Å²) in [6.45, 7) is 0.962. The lowest BCUT2D eigenvalue weighted by Crippen LogP contribution is -2.41. The fourth-order valence-electron chi connectivity index (χ4n) is 4.47. The fraction of sp³-hybridized carbons (Fsp3) is 0.474. The maximum atomic E-state index is 12.6. The van der Waals surface area contributed by atoms with Crippen LogP contribution in [0.25, 0.3) is 11.0 Å². The first-order valence-electron chi connectivity index (χ1n) is 8.86. The van der Waals surface area contributed by atoms with E-state index >= 15 is 0 Å². The van der Waals surface area contributed by atoms with Crippen molar-refractivity contribution in [1.29, 1.82) is 0 Å². The van der Waals surface area contributed by atoms with Gasteiger partial charge in [-0.3, -0.25) is 4.79 Å². The number of furan rings is 1. The second-order valence-corrected chi connectivity index (χ2v) is 7.14. The summed E-state index contributed by atoms with van der Waals surface area (Å²) in [6, 6.07) is 7.27. The predicted octanol–water partition coefficient (Wildman–Crippen LogP) is 2.84. The van der Waals surface area contributed by atoms with Crippen LogP contribution in [0.4, 0.5) is 4.79 Å². The summed E-state index contributed by atoms with van der Waals surface area (Å²) in [7, 11) is 1.57. The molecule has 0 spiro atoms. The van der Waals surface area contributed by atoms with Gasteiger partial charge in [0, 0.05) is 13.1 Å². The van der Waals surface area contributed by atoms with E-state index in [1.54, 1.807) is 12.0 Å². The number of rotatable bonds is 4. The maximum Gasteiger partial charge on any atom is 0.317 e. The second kappa shape index (κ2) is 6.23. The van der Waals surface area contributed by atoms with Crippen LogP contribution in [-0.2, 0) is 11.3 Å². The second-order valence-electron chi connectivity index (χ2n) is 7.14. The molecule has 2 amide bonds. The zero-order chi connectivity index (χ0) is 18.3. The molecular formula is C19H22N2O5. The molecule has 2 heterocycles. The number of likely N-dealkylation sites (tertiary alicyclic amines) is 1. The Labute approximate surface area is 150 Å². The Kier molecular flexibility index (Phi) is 4.01. The summed E-state index contributed by atoms with van der Waals surface area (Å²) < 4.78 is 11.2. The number of nitrogens with zero attached hydrogens (tertiary/aromatic N) is 1. The molecule has 7 nitrogen and oxygen atoms in total. The number of urea groups is 1. The molecule has 2 atom stereocenters. The molecule has 2 aromatic rings. The molecule has 2 fully saturated rings. The minimum atomic E-state index is -0.783. The number of carbonyl (C=O) groups excluding carboxylic acids is 1. The Morgan fingerprint density at radius 1 is 1.42 bits per heavy atom. The molecule has 138 valence electrons. The lowest BCUT2D eigenvalue weighted by atomic mass is 9.81. The van der Waals surface area contributed by atoms with Crippen LogP contribution in [0, 0.1) is 11.3 Å². The Balaban J connectivity index is 1.46. The minimum Gasteiger partial charge on any atom is -0.492 e. The number of hydrogen-bond acceptors (Lipinski definition) is 4. The Hall–Kier alpha value is -2.70. The van der Waals surface area contributed by atoms with Crippen molar-refractivity contribution in [2.24, 2.45) is 11.3 Å². The van der Waals surface area contributed by atoms with Crippen molar-refractivity contribution in [3.63, 3.8) is 0 Å². The summed E-state index contributed by atoms with van der Waals surface area (Å²) in [5.74, 6) is 0.427. The molecule has 2 aliphatic rings. The number of ether oxygens (including phenoxy) is 1. The summed E-state index contributed by atoms with van der Waals surface area (Å²) in [5.41, 5.74) is -0.0666. The highest BCUT2D eigenvalue weighted by molar-refractivity contribution is 5.86. The normalized spacial score (nSPS) is 24.7. The molecule has 1 aromatic carbocycles. The van der Waals surface area contributed by atoms with Crippen LogP contribution in [0.5, 0.6) is 5.75 Å². The number of para-hydroxylation sites is 1. The van der Waals surface area contributed by atoms with Gasteiger partial charge in [-0.15, -0.1) is 0 Å². The van der Waals surface area contributed by atoms with Crippen LogP contribution in [0.3, 0.4) is 0 Å². The van der Waals surface area contributed by atoms with E-state index in [-0.39, 0.29) is 25.0 Å². The summed E-state index contributed by atoms with van der Waals surface area (Å²) in [6.07, 6.45) is 2.43. The zero-order valence-electron chi connectivity index (χ0n) is 14.7. The minimum absolute atomic E-state index is 0.0477. The average molecular weight is 358 g/mol. The molecule has 4 rings (SSSR count). The van der Waals surface area contributed by atoms with E-state index < -0.39 is 11.4 Å². The molecule has 2 N–H and O–H groups in total. The van der Waals surface area contributed by atoms with Gasteiger partial charge in [-0.1, -0.05) is 18.6 Å². The van der Waals surface area contributed by atoms with Gasteiger partial charge >= 0.3 is 12.0 Å². The van der Waals surface area contributed by atoms with Gasteiger partial charge in [0.25, 0.3) is 0 Å². The molecule has 1 aliphatic carbocycles. The maximum absolute atomic E-state index is 12.6. The third kappa shape index (κ3) is 2.50. The molecule has 0 unspecified atom stereocenters. The third-order valence-electron chi connectivity index (χ3n) is 5.81. The third-order valence-corrected chi connectivity index (χ3v) is 5.81. The van der Waals surface area contributed by atoms with Gasteiger partial charge in [-0.2, -0.15) is 0 Å². The van der Waals surface area contributed by atoms with Crippen molar-refractivity contribution < 1.29 is 23.8 Å². The van der Waals surface area contributed by atoms with Crippen LogP contribution in [-0.4, -0.2) is 42.2 Å². The summed E-state index contributed by atoms with van der Waals surface area (Å²) in [5, 5.41) is 13.3. The standard InChI is InChI=1S/C19H22N2O5/c1-25-16-13-6-2-3-7-14(13)26-15(16)9-20-18(24)21-10-12-5-4-8-19(12,11-21)17(22)23/h2-3,6-7,12H,4-5,8-11H2,1H3,(H,20,24)(H,22,23)/t12-,19+/m0/s1. The smallest absolute Gasteiger partial charge is 0.317 e. The number of amides is 2. The largest absolute Gasteiger partial charge is 0.492 e. The molecule has 7 heteroatoms. The van der Waals surface area contributed by atoms with Crippen molar-refractivity contribution in [3.8, 4) is 5.75 Å². The number of carbonyl (C=O) groups is 2. The van der Waals surface area contributed by atoms with Crippen molar-refractivity contribution in [2.45, 2.75) is 25.8 Å². The summed E-state index contributed by atoms with van der Waals surface area (Å²) in [4.78, 5) is 25.9. The quantitative estimate of drug-likeness (QED) is 0.877. The van der Waals surface area contributed by atoms with Gasteiger partial charge in [0.05, 0.1) is 24.5 Å². The van der Waals surface area contributed by atoms with Crippen molar-refractivity contribution in [1.82, 2.24) is 10.2 Å². The Bertz CT molecular complexity index is 861. The van der Waals surface area contributed by atoms with Crippen molar-refractivity contribution in [2.75, 3.05) is 20.2 Å². The van der Waals surface area contributed by atoms with Gasteiger partial charge in [0.2, 0.25) is 0 Å². The van der Waals surface area contributed by atoms with E-state index in [9.17, 15) is 14.7 Å². The number of carboxylic acids is 1. The molecular weight excluding hydrogens is 336 g/mol. The zero-order valence-corrected chi connectivity index (χ0v) is 14.7. The highest BCUT2D eigenvalue weighted by Gasteiger charge is 2.55. The van der Waals surface area contributed by atoms with Crippen LogP contribution in [0.1, 0.15) is 25.0 Å². The number of fused-ring (bicyclic) bond motifs is 2. The molecule has 0 radical (unpaired) electrons. The monoisotopic (exact) mass is 358 g/mol. The first-order valence-corrected chi connectivity index (χ1v) is 8.86. The number of benzene rings is 1. The highest BCUT2D eigenvalue weighted by atomic mass is 16.5. The number of carboxylic acid groups (broad SMARTS) is 1. The highest BCUT2D eigenvalue weighted by Crippen LogP contribution is 2.48. The average Bonchev–Trinajstić information content (AvgIpc) is 3.29. The number of aliphatic carboxylic acids is 1. The van der Waals surface area contributed by atoms with E-state index in [1.807, 2.05) is 24.3 Å². The number of methoxy groups -OCH3 is 1. The SMILES string of the molecule is COc1c(CNC(=O)N2C[C@@H]3CCC[C@@]3(C(=O)O)C2)oc2ccccc12. The number of nitrogens with one attached hydrogen (secondary N) is 1. The van der Waals surface area contributed by atoms with Crippen molar-refractivity contribution in [3.05, 3.63) is 30.0 Å². The van der Waals surface area contributed by atoms with E-state index in [0.29, 0.717) is 30.1 Å². The molecule has 1 saturated heterocycles. The van der Waals surface area contributed by atoms with E-state index in [0.717, 1.165) is 18.2 Å². The Morgan fingerprint density at radius 3 is 2.96 bits per heavy atom. The fourth-order valence-corrected chi connectivity index (χ4v) is 4.47. The molecule has 26 heavy (non-hydrogen) atoms. The Morgan fingerprint density at radius 2 is 2.23 bits per heavy atom. The van der Waals surface area contributed by atoms with E-state index in [1.165, 1.54) is 0 Å². The van der Waals surface area contributed by atoms with Gasteiger partial charge in [-0.25, -0.2) is 4.79 Å². The molecule has 1 aliphatic heterocycles. The topological polar surface area (TPSA) is 92.0 Å². The number of hydrogen-bond donors (Lipinski definition) is 2. The van der Waals surface area contributed by atoms with E-state index in [2.05, 4.69) is 5.32 Å². The van der Waals surface area contributed by atoms with Gasteiger partial charge in [0.1, 0.15) is 5.58 Å². The van der Waals surface area contributed by atoms with Gasteiger partial charge in [-0.05, 0) is 30.9 Å². The van der Waals surface area contributed by atoms with Gasteiger partial charge in [0.15, 0.2) is 11.5 Å². The van der Waals surface area contributed by atoms with Crippen LogP contribution < -0.4 is 10.1 Å². The van der Waals surface area contributed by atoms with Crippen LogP contribution in [0.2, 0.25) is 0 Å². The molecule has 1 saturated carbocycles. The van der Waals surface area contributed by atoms with Crippen LogP contribution >= 0.6 is 0 Å². The van der Waals surface area contributed by atoms with Crippen LogP contribution in [0.15, 0.2) is 28.7 Å². The van der Waals surface area contributed by atoms with Gasteiger partial charge < -0.3 is 24.5 Å². The lowest BCUT2D eigenvalue weighted by molar-refractivity contribution is -0.149. The first-order chi connectivity index (χ1) is 12.5. The molecule has 0 bridgehead atoms. The first kappa shape index (κ1) is 16.8. The lowest BCUT2D eigenvalue weighted by Gasteiger charge is -2.23. The van der Waals surface area contributed by atoms with E-state index in [4.69, 9.17) is 9.15 Å². The van der Waals surface area contributed by atoms with Crippen molar-refractivity contribution >= 4 is 23.0 Å².